The number of aromatic nitrogens is 1. The standard InChI is InChI=1S/C15H16FN3O2/c16-12-6-7-19(9-12)15(20)17-8-13-10-21-14(18-13)11-4-2-1-3-5-11/h1-5,10,12H,6-9H2,(H,17,20)/t12-/m1/s1. The molecular weight excluding hydrogens is 273 g/mol. The number of rotatable bonds is 3. The van der Waals surface area contributed by atoms with Gasteiger partial charge in [0.15, 0.2) is 0 Å². The highest BCUT2D eigenvalue weighted by molar-refractivity contribution is 5.74. The van der Waals surface area contributed by atoms with Crippen molar-refractivity contribution in [3.63, 3.8) is 0 Å². The van der Waals surface area contributed by atoms with Crippen LogP contribution in [0, 0.1) is 0 Å². The third-order valence-corrected chi connectivity index (χ3v) is 3.41. The van der Waals surface area contributed by atoms with Gasteiger partial charge in [0.05, 0.1) is 18.8 Å². The first-order valence-electron chi connectivity index (χ1n) is 6.89. The minimum Gasteiger partial charge on any atom is -0.444 e. The summed E-state index contributed by atoms with van der Waals surface area (Å²) in [6.45, 7) is 0.892. The Morgan fingerprint density at radius 1 is 1.43 bits per heavy atom. The number of amides is 2. The predicted octanol–water partition coefficient (Wildman–Crippen LogP) is 2.60. The van der Waals surface area contributed by atoms with Crippen molar-refractivity contribution in [1.82, 2.24) is 15.2 Å². The summed E-state index contributed by atoms with van der Waals surface area (Å²) in [4.78, 5) is 17.6. The molecule has 6 heteroatoms. The maximum atomic E-state index is 13.0. The zero-order chi connectivity index (χ0) is 14.7. The molecule has 1 fully saturated rings. The maximum Gasteiger partial charge on any atom is 0.317 e. The smallest absolute Gasteiger partial charge is 0.317 e. The summed E-state index contributed by atoms with van der Waals surface area (Å²) in [7, 11) is 0. The average molecular weight is 289 g/mol. The summed E-state index contributed by atoms with van der Waals surface area (Å²) < 4.78 is 18.4. The Labute approximate surface area is 121 Å². The summed E-state index contributed by atoms with van der Waals surface area (Å²) >= 11 is 0. The number of urea groups is 1. The third-order valence-electron chi connectivity index (χ3n) is 3.41. The first-order chi connectivity index (χ1) is 10.2. The topological polar surface area (TPSA) is 58.4 Å². The Balaban J connectivity index is 1.57. The van der Waals surface area contributed by atoms with E-state index in [0.29, 0.717) is 24.6 Å². The van der Waals surface area contributed by atoms with E-state index < -0.39 is 6.17 Å². The van der Waals surface area contributed by atoms with Crippen molar-refractivity contribution in [2.45, 2.75) is 19.1 Å². The van der Waals surface area contributed by atoms with Crippen molar-refractivity contribution in [1.29, 1.82) is 0 Å². The molecule has 0 saturated carbocycles. The van der Waals surface area contributed by atoms with E-state index in [1.165, 1.54) is 11.2 Å². The van der Waals surface area contributed by atoms with Crippen LogP contribution in [0.25, 0.3) is 11.5 Å². The number of likely N-dealkylation sites (tertiary alicyclic amines) is 1. The van der Waals surface area contributed by atoms with Crippen LogP contribution in [0.2, 0.25) is 0 Å². The van der Waals surface area contributed by atoms with Gasteiger partial charge in [0, 0.05) is 12.1 Å². The summed E-state index contributed by atoms with van der Waals surface area (Å²) in [5.74, 6) is 0.518. The fourth-order valence-corrected chi connectivity index (χ4v) is 2.28. The Hall–Kier alpha value is -2.37. The number of carbonyl (C=O) groups is 1. The van der Waals surface area contributed by atoms with Crippen molar-refractivity contribution >= 4 is 6.03 Å². The van der Waals surface area contributed by atoms with Crippen LogP contribution < -0.4 is 5.32 Å². The number of hydrogen-bond donors (Lipinski definition) is 1. The van der Waals surface area contributed by atoms with Gasteiger partial charge in [-0.2, -0.15) is 0 Å². The first-order valence-corrected chi connectivity index (χ1v) is 6.89. The number of oxazole rings is 1. The second-order valence-electron chi connectivity index (χ2n) is 5.00. The van der Waals surface area contributed by atoms with E-state index in [-0.39, 0.29) is 19.1 Å². The minimum absolute atomic E-state index is 0.167. The minimum atomic E-state index is -0.910. The molecule has 1 aliphatic heterocycles. The van der Waals surface area contributed by atoms with Crippen LogP contribution in [0.3, 0.4) is 0 Å². The summed E-state index contributed by atoms with van der Waals surface area (Å²) in [5.41, 5.74) is 1.52. The molecule has 110 valence electrons. The normalized spacial score (nSPS) is 18.0. The molecule has 0 radical (unpaired) electrons. The molecule has 1 saturated heterocycles. The van der Waals surface area contributed by atoms with Gasteiger partial charge in [0.1, 0.15) is 12.4 Å². The highest BCUT2D eigenvalue weighted by Gasteiger charge is 2.25. The van der Waals surface area contributed by atoms with E-state index >= 15 is 0 Å². The molecule has 2 heterocycles. The van der Waals surface area contributed by atoms with Crippen molar-refractivity contribution in [2.24, 2.45) is 0 Å². The number of nitrogens with one attached hydrogen (secondary N) is 1. The van der Waals surface area contributed by atoms with E-state index in [4.69, 9.17) is 4.42 Å². The van der Waals surface area contributed by atoms with E-state index in [1.54, 1.807) is 0 Å². The number of hydrogen-bond acceptors (Lipinski definition) is 3. The maximum absolute atomic E-state index is 13.0. The van der Waals surface area contributed by atoms with Gasteiger partial charge in [0.25, 0.3) is 0 Å². The molecule has 1 atom stereocenters. The van der Waals surface area contributed by atoms with Crippen molar-refractivity contribution < 1.29 is 13.6 Å². The van der Waals surface area contributed by atoms with Gasteiger partial charge in [0.2, 0.25) is 5.89 Å². The van der Waals surface area contributed by atoms with Gasteiger partial charge in [-0.25, -0.2) is 14.2 Å². The highest BCUT2D eigenvalue weighted by Crippen LogP contribution is 2.18. The van der Waals surface area contributed by atoms with Crippen LogP contribution in [0.1, 0.15) is 12.1 Å². The molecule has 21 heavy (non-hydrogen) atoms. The Morgan fingerprint density at radius 2 is 2.24 bits per heavy atom. The second kappa shape index (κ2) is 5.95. The van der Waals surface area contributed by atoms with Crippen molar-refractivity contribution in [3.8, 4) is 11.5 Å². The molecule has 0 aliphatic carbocycles. The van der Waals surface area contributed by atoms with E-state index in [2.05, 4.69) is 10.3 Å². The lowest BCUT2D eigenvalue weighted by molar-refractivity contribution is 0.203. The van der Waals surface area contributed by atoms with Crippen molar-refractivity contribution in [3.05, 3.63) is 42.3 Å². The molecule has 0 bridgehead atoms. The predicted molar refractivity (Wildman–Crippen MR) is 75.3 cm³/mol. The lowest BCUT2D eigenvalue weighted by atomic mass is 10.2. The molecule has 0 spiro atoms. The lowest BCUT2D eigenvalue weighted by Gasteiger charge is -2.15. The third kappa shape index (κ3) is 3.21. The van der Waals surface area contributed by atoms with Gasteiger partial charge in [-0.05, 0) is 18.6 Å². The molecule has 3 rings (SSSR count). The molecule has 5 nitrogen and oxygen atoms in total. The fourth-order valence-electron chi connectivity index (χ4n) is 2.28. The zero-order valence-corrected chi connectivity index (χ0v) is 11.5. The molecule has 2 amide bonds. The summed E-state index contributed by atoms with van der Waals surface area (Å²) in [6.07, 6.45) is 1.02. The van der Waals surface area contributed by atoms with Crippen LogP contribution in [-0.4, -0.2) is 35.2 Å². The monoisotopic (exact) mass is 289 g/mol. The van der Waals surface area contributed by atoms with Gasteiger partial charge in [-0.1, -0.05) is 18.2 Å². The molecule has 0 unspecified atom stereocenters. The Bertz CT molecular complexity index is 614. The van der Waals surface area contributed by atoms with Crippen LogP contribution in [0.15, 0.2) is 41.0 Å². The molecule has 1 aromatic heterocycles. The fraction of sp³-hybridized carbons (Fsp3) is 0.333. The number of halogens is 1. The SMILES string of the molecule is O=C(NCc1coc(-c2ccccc2)n1)N1CC[C@@H](F)C1. The zero-order valence-electron chi connectivity index (χ0n) is 11.5. The first kappa shape index (κ1) is 13.6. The van der Waals surface area contributed by atoms with Crippen LogP contribution >= 0.6 is 0 Å². The average Bonchev–Trinajstić information content (AvgIpc) is 3.15. The number of nitrogens with zero attached hydrogens (tertiary/aromatic N) is 2. The number of carbonyl (C=O) groups excluding carboxylic acids is 1. The van der Waals surface area contributed by atoms with Gasteiger partial charge in [-0.15, -0.1) is 0 Å². The molecule has 1 N–H and O–H groups in total. The molecule has 1 aromatic carbocycles. The molecule has 1 aliphatic rings. The van der Waals surface area contributed by atoms with Crippen LogP contribution in [-0.2, 0) is 6.54 Å². The second-order valence-corrected chi connectivity index (χ2v) is 5.00. The van der Waals surface area contributed by atoms with Crippen LogP contribution in [0.5, 0.6) is 0 Å². The number of alkyl halides is 1. The van der Waals surface area contributed by atoms with Crippen molar-refractivity contribution in [2.75, 3.05) is 13.1 Å². The Kier molecular flexibility index (Phi) is 3.85. The van der Waals surface area contributed by atoms with Crippen LogP contribution in [0.4, 0.5) is 9.18 Å². The summed E-state index contributed by atoms with van der Waals surface area (Å²) in [6, 6.07) is 9.27. The van der Waals surface area contributed by atoms with Gasteiger partial charge >= 0.3 is 6.03 Å². The quantitative estimate of drug-likeness (QED) is 0.945. The lowest BCUT2D eigenvalue weighted by Crippen LogP contribution is -2.38. The van der Waals surface area contributed by atoms with E-state index in [1.807, 2.05) is 30.3 Å². The number of benzene rings is 1. The van der Waals surface area contributed by atoms with E-state index in [9.17, 15) is 9.18 Å². The molecular formula is C15H16FN3O2. The highest BCUT2D eigenvalue weighted by atomic mass is 19.1. The molecule has 2 aromatic rings. The van der Waals surface area contributed by atoms with Gasteiger partial charge < -0.3 is 14.6 Å². The summed E-state index contributed by atoms with van der Waals surface area (Å²) in [5, 5.41) is 2.72. The largest absolute Gasteiger partial charge is 0.444 e. The van der Waals surface area contributed by atoms with E-state index in [0.717, 1.165) is 5.56 Å². The Morgan fingerprint density at radius 3 is 2.95 bits per heavy atom. The van der Waals surface area contributed by atoms with Gasteiger partial charge in [-0.3, -0.25) is 0 Å².